The van der Waals surface area contributed by atoms with Crippen LogP contribution < -0.4 is 5.32 Å². The fraction of sp³-hybridized carbons (Fsp3) is 0.355. The Balaban J connectivity index is 1.45. The van der Waals surface area contributed by atoms with Crippen LogP contribution in [0, 0.1) is 0 Å². The second kappa shape index (κ2) is 10.9. The summed E-state index contributed by atoms with van der Waals surface area (Å²) in [5.41, 5.74) is 4.70. The van der Waals surface area contributed by atoms with E-state index in [0.717, 1.165) is 35.2 Å². The number of piperidine rings is 1. The number of ether oxygens (including phenoxy) is 2. The van der Waals surface area contributed by atoms with Gasteiger partial charge in [0, 0.05) is 47.6 Å². The highest BCUT2D eigenvalue weighted by Crippen LogP contribution is 2.41. The molecule has 3 aromatic rings. The van der Waals surface area contributed by atoms with Crippen molar-refractivity contribution >= 4 is 34.9 Å². The van der Waals surface area contributed by atoms with Crippen LogP contribution in [0.15, 0.2) is 59.0 Å². The lowest BCUT2D eigenvalue weighted by atomic mass is 9.86. The number of nitrogens with one attached hydrogen (secondary N) is 1. The Morgan fingerprint density at radius 1 is 1.10 bits per heavy atom. The number of hydrogen-bond acceptors (Lipinski definition) is 5. The lowest BCUT2D eigenvalue weighted by Gasteiger charge is -2.33. The number of nitrogens with zero attached hydrogens (tertiary/aromatic N) is 1. The van der Waals surface area contributed by atoms with Crippen molar-refractivity contribution in [2.45, 2.75) is 45.1 Å². The van der Waals surface area contributed by atoms with E-state index in [1.165, 1.54) is 5.56 Å². The second-order valence-electron chi connectivity index (χ2n) is 10.9. The van der Waals surface area contributed by atoms with Gasteiger partial charge in [-0.2, -0.15) is 0 Å². The summed E-state index contributed by atoms with van der Waals surface area (Å²) < 4.78 is 17.0. The number of furan rings is 1. The van der Waals surface area contributed by atoms with Gasteiger partial charge in [-0.25, -0.2) is 4.79 Å². The molecule has 1 aromatic heterocycles. The van der Waals surface area contributed by atoms with Crippen LogP contribution >= 0.6 is 11.6 Å². The summed E-state index contributed by atoms with van der Waals surface area (Å²) >= 11 is 6.07. The first-order chi connectivity index (χ1) is 18.6. The molecule has 0 unspecified atom stereocenters. The van der Waals surface area contributed by atoms with Gasteiger partial charge in [0.1, 0.15) is 11.4 Å². The third kappa shape index (κ3) is 5.89. The molecule has 2 aliphatic rings. The number of benzene rings is 2. The zero-order valence-corrected chi connectivity index (χ0v) is 23.4. The first-order valence-corrected chi connectivity index (χ1v) is 13.5. The van der Waals surface area contributed by atoms with E-state index in [9.17, 15) is 9.59 Å². The van der Waals surface area contributed by atoms with Gasteiger partial charge < -0.3 is 24.1 Å². The van der Waals surface area contributed by atoms with Gasteiger partial charge in [-0.3, -0.25) is 4.79 Å². The predicted octanol–water partition coefficient (Wildman–Crippen LogP) is 7.36. The first kappa shape index (κ1) is 27.0. The molecule has 1 saturated heterocycles. The molecule has 1 fully saturated rings. The third-order valence-corrected chi connectivity index (χ3v) is 7.26. The topological polar surface area (TPSA) is 81.0 Å². The number of likely N-dealkylation sites (tertiary alicyclic amines) is 1. The van der Waals surface area contributed by atoms with Crippen molar-refractivity contribution in [3.63, 3.8) is 0 Å². The van der Waals surface area contributed by atoms with Crippen molar-refractivity contribution in [3.8, 4) is 11.3 Å². The van der Waals surface area contributed by atoms with E-state index in [-0.39, 0.29) is 23.7 Å². The highest BCUT2D eigenvalue weighted by Gasteiger charge is 2.31. The van der Waals surface area contributed by atoms with Crippen molar-refractivity contribution in [1.29, 1.82) is 0 Å². The number of rotatable bonds is 4. The minimum atomic E-state index is -0.514. The van der Waals surface area contributed by atoms with Crippen LogP contribution in [0.3, 0.4) is 0 Å². The third-order valence-electron chi connectivity index (χ3n) is 7.01. The normalized spacial score (nSPS) is 16.9. The Morgan fingerprint density at radius 3 is 2.49 bits per heavy atom. The van der Waals surface area contributed by atoms with Gasteiger partial charge in [-0.05, 0) is 93.1 Å². The van der Waals surface area contributed by atoms with Crippen molar-refractivity contribution in [2.75, 3.05) is 32.1 Å². The zero-order valence-electron chi connectivity index (χ0n) is 22.7. The summed E-state index contributed by atoms with van der Waals surface area (Å²) in [5, 5.41) is 3.66. The molecule has 7 nitrogen and oxygen atoms in total. The molecule has 39 heavy (non-hydrogen) atoms. The van der Waals surface area contributed by atoms with Gasteiger partial charge in [0.25, 0.3) is 5.91 Å². The van der Waals surface area contributed by atoms with Gasteiger partial charge >= 0.3 is 6.09 Å². The molecule has 1 N–H and O–H groups in total. The smallest absolute Gasteiger partial charge is 0.410 e. The van der Waals surface area contributed by atoms with E-state index in [1.807, 2.05) is 51.1 Å². The summed E-state index contributed by atoms with van der Waals surface area (Å²) in [6.07, 6.45) is 3.38. The maximum Gasteiger partial charge on any atom is 0.410 e. The average molecular weight is 549 g/mol. The Bertz CT molecular complexity index is 1410. The van der Waals surface area contributed by atoms with E-state index in [4.69, 9.17) is 25.5 Å². The van der Waals surface area contributed by atoms with Crippen molar-refractivity contribution in [2.24, 2.45) is 0 Å². The number of fused-ring (bicyclic) bond motifs is 2. The molecular weight excluding hydrogens is 516 g/mol. The van der Waals surface area contributed by atoms with Crippen LogP contribution in [0.5, 0.6) is 0 Å². The Hall–Kier alpha value is -3.55. The van der Waals surface area contributed by atoms with Gasteiger partial charge in [-0.15, -0.1) is 0 Å². The van der Waals surface area contributed by atoms with E-state index in [1.54, 1.807) is 24.1 Å². The fourth-order valence-electron chi connectivity index (χ4n) is 5.10. The number of anilines is 1. The molecule has 0 spiro atoms. The van der Waals surface area contributed by atoms with Crippen molar-refractivity contribution in [1.82, 2.24) is 4.90 Å². The fourth-order valence-corrected chi connectivity index (χ4v) is 5.22. The highest BCUT2D eigenvalue weighted by molar-refractivity contribution is 6.30. The number of amides is 2. The number of halogens is 1. The number of hydrogen-bond donors (Lipinski definition) is 1. The van der Waals surface area contributed by atoms with E-state index >= 15 is 0 Å². The minimum absolute atomic E-state index is 0.255. The molecule has 0 saturated carbocycles. The van der Waals surface area contributed by atoms with Crippen LogP contribution in [0.2, 0.25) is 5.02 Å². The van der Waals surface area contributed by atoms with E-state index in [0.29, 0.717) is 36.0 Å². The average Bonchev–Trinajstić information content (AvgIpc) is 3.30. The Morgan fingerprint density at radius 2 is 1.82 bits per heavy atom. The molecule has 0 aliphatic carbocycles. The molecule has 5 rings (SSSR count). The quantitative estimate of drug-likeness (QED) is 0.368. The Labute approximate surface area is 233 Å². The summed E-state index contributed by atoms with van der Waals surface area (Å²) in [5.74, 6) is 0.825. The number of methoxy groups -OCH3 is 1. The molecule has 0 bridgehead atoms. The van der Waals surface area contributed by atoms with Gasteiger partial charge in [0.2, 0.25) is 0 Å². The summed E-state index contributed by atoms with van der Waals surface area (Å²) in [7, 11) is 1.64. The summed E-state index contributed by atoms with van der Waals surface area (Å²) in [4.78, 5) is 27.5. The lowest BCUT2D eigenvalue weighted by Crippen LogP contribution is -2.41. The molecule has 0 radical (unpaired) electrons. The van der Waals surface area contributed by atoms with Crippen LogP contribution in [0.25, 0.3) is 16.9 Å². The first-order valence-electron chi connectivity index (χ1n) is 13.2. The molecule has 2 amide bonds. The van der Waals surface area contributed by atoms with Crippen LogP contribution in [-0.2, 0) is 9.47 Å². The molecular formula is C31H33ClN2O5. The lowest BCUT2D eigenvalue weighted by molar-refractivity contribution is 0.0204. The monoisotopic (exact) mass is 548 g/mol. The zero-order chi connectivity index (χ0) is 27.7. The summed E-state index contributed by atoms with van der Waals surface area (Å²) in [6.45, 7) is 7.29. The standard InChI is InChI=1S/C31H33ClN2O5/c1-31(2,3)39-30(36)34-14-11-19(12-15-34)21-7-10-26-24(17-21)23(13-16-37-4)25-18-27(38-28(25)29(35)33-26)20-5-8-22(32)9-6-20/h5-10,13,17-19H,11-12,14-16H2,1-4H3,(H,33,35)/b23-13+. The highest BCUT2D eigenvalue weighted by atomic mass is 35.5. The number of carbonyl (C=O) groups is 2. The van der Waals surface area contributed by atoms with E-state index in [2.05, 4.69) is 17.4 Å². The SMILES string of the molecule is COC/C=C1\c2cc(C3CCN(C(=O)OC(C)(C)C)CC3)ccc2NC(=O)c2oc(-c3ccc(Cl)cc3)cc21. The molecule has 8 heteroatoms. The second-order valence-corrected chi connectivity index (χ2v) is 11.4. The molecule has 2 aliphatic heterocycles. The van der Waals surface area contributed by atoms with E-state index < -0.39 is 5.60 Å². The van der Waals surface area contributed by atoms with Crippen molar-refractivity contribution in [3.05, 3.63) is 82.1 Å². The van der Waals surface area contributed by atoms with Crippen molar-refractivity contribution < 1.29 is 23.5 Å². The van der Waals surface area contributed by atoms with Gasteiger partial charge in [-0.1, -0.05) is 23.7 Å². The van der Waals surface area contributed by atoms with Gasteiger partial charge in [0.05, 0.1) is 6.61 Å². The number of carbonyl (C=O) groups excluding carboxylic acids is 2. The molecule has 0 atom stereocenters. The molecule has 204 valence electrons. The summed E-state index contributed by atoms with van der Waals surface area (Å²) in [6, 6.07) is 15.4. The Kier molecular flexibility index (Phi) is 7.56. The van der Waals surface area contributed by atoms with Gasteiger partial charge in [0.15, 0.2) is 5.76 Å². The molecule has 3 heterocycles. The van der Waals surface area contributed by atoms with Crippen LogP contribution in [-0.4, -0.2) is 49.3 Å². The predicted molar refractivity (Wildman–Crippen MR) is 152 cm³/mol. The maximum atomic E-state index is 13.2. The maximum absolute atomic E-state index is 13.2. The van der Waals surface area contributed by atoms with Crippen LogP contribution in [0.1, 0.15) is 66.8 Å². The minimum Gasteiger partial charge on any atom is -0.450 e. The van der Waals surface area contributed by atoms with Crippen LogP contribution in [0.4, 0.5) is 10.5 Å². The largest absolute Gasteiger partial charge is 0.450 e. The molecule has 2 aromatic carbocycles.